The van der Waals surface area contributed by atoms with E-state index >= 15 is 0 Å². The molecule has 1 atom stereocenters. The van der Waals surface area contributed by atoms with Gasteiger partial charge in [-0.2, -0.15) is 10.4 Å². The Bertz CT molecular complexity index is 1220. The molecule has 2 spiro atoms. The molecule has 0 bridgehead atoms. The summed E-state index contributed by atoms with van der Waals surface area (Å²) in [6, 6.07) is 11.0. The number of nitriles is 1. The van der Waals surface area contributed by atoms with Crippen LogP contribution in [0.4, 0.5) is 5.82 Å². The van der Waals surface area contributed by atoms with Crippen LogP contribution in [0.2, 0.25) is 0 Å². The Balaban J connectivity index is 1.24. The molecule has 0 N–H and O–H groups in total. The molecule has 30 heavy (non-hydrogen) atoms. The molecule has 2 aliphatic carbocycles. The molecule has 0 radical (unpaired) electrons. The second kappa shape index (κ2) is 5.38. The molecular formula is C23H22N6O. The summed E-state index contributed by atoms with van der Waals surface area (Å²) < 4.78 is 7.47. The van der Waals surface area contributed by atoms with Crippen molar-refractivity contribution in [3.8, 4) is 11.9 Å². The maximum atomic E-state index is 9.91. The first-order valence-electron chi connectivity index (χ1n) is 10.7. The summed E-state index contributed by atoms with van der Waals surface area (Å²) in [6.07, 6.45) is 7.97. The van der Waals surface area contributed by atoms with Gasteiger partial charge in [-0.15, -0.1) is 0 Å². The number of aromatic nitrogens is 4. The van der Waals surface area contributed by atoms with E-state index in [-0.39, 0.29) is 10.8 Å². The highest BCUT2D eigenvalue weighted by atomic mass is 16.5. The van der Waals surface area contributed by atoms with Crippen LogP contribution in [0.1, 0.15) is 31.2 Å². The Morgan fingerprint density at radius 3 is 2.67 bits per heavy atom. The van der Waals surface area contributed by atoms with Crippen molar-refractivity contribution in [3.05, 3.63) is 42.4 Å². The number of benzene rings is 1. The lowest BCUT2D eigenvalue weighted by atomic mass is 9.79. The van der Waals surface area contributed by atoms with Crippen LogP contribution < -0.4 is 4.90 Å². The van der Waals surface area contributed by atoms with Crippen molar-refractivity contribution < 1.29 is 4.74 Å². The summed E-state index contributed by atoms with van der Waals surface area (Å²) in [7, 11) is 0. The third-order valence-corrected chi connectivity index (χ3v) is 7.91. The maximum Gasteiger partial charge on any atom is 0.159 e. The number of ether oxygens (including phenoxy) is 1. The van der Waals surface area contributed by atoms with Gasteiger partial charge in [0, 0.05) is 36.6 Å². The highest BCUT2D eigenvalue weighted by Gasteiger charge is 2.75. The van der Waals surface area contributed by atoms with Crippen LogP contribution in [-0.2, 0) is 10.2 Å². The fraction of sp³-hybridized carbons (Fsp3) is 0.478. The zero-order valence-corrected chi connectivity index (χ0v) is 16.7. The van der Waals surface area contributed by atoms with Crippen molar-refractivity contribution >= 4 is 16.7 Å². The summed E-state index contributed by atoms with van der Waals surface area (Å²) >= 11 is 0. The molecule has 4 heterocycles. The van der Waals surface area contributed by atoms with Gasteiger partial charge in [0.25, 0.3) is 0 Å². The van der Waals surface area contributed by atoms with Crippen molar-refractivity contribution in [1.82, 2.24) is 19.7 Å². The van der Waals surface area contributed by atoms with Crippen LogP contribution in [0.15, 0.2) is 36.8 Å². The fourth-order valence-electron chi connectivity index (χ4n) is 5.77. The van der Waals surface area contributed by atoms with Crippen LogP contribution in [0.3, 0.4) is 0 Å². The average molecular weight is 398 g/mol. The van der Waals surface area contributed by atoms with Crippen molar-refractivity contribution in [3.63, 3.8) is 0 Å². The molecule has 1 aromatic carbocycles. The minimum absolute atomic E-state index is 0.250. The third kappa shape index (κ3) is 2.09. The summed E-state index contributed by atoms with van der Waals surface area (Å²) in [5.74, 6) is 1.70. The molecule has 4 aliphatic rings. The number of fused-ring (bicyclic) bond motifs is 1. The molecule has 150 valence electrons. The van der Waals surface area contributed by atoms with Gasteiger partial charge >= 0.3 is 0 Å². The zero-order chi connectivity index (χ0) is 20.0. The summed E-state index contributed by atoms with van der Waals surface area (Å²) in [6.45, 7) is 3.70. The highest BCUT2D eigenvalue weighted by Crippen LogP contribution is 2.78. The van der Waals surface area contributed by atoms with Crippen LogP contribution in [-0.4, -0.2) is 46.1 Å². The van der Waals surface area contributed by atoms with Crippen LogP contribution in [0.25, 0.3) is 16.7 Å². The number of anilines is 1. The van der Waals surface area contributed by atoms with Crippen LogP contribution in [0, 0.1) is 22.2 Å². The summed E-state index contributed by atoms with van der Waals surface area (Å²) in [5, 5.41) is 15.6. The Kier molecular flexibility index (Phi) is 3.01. The minimum Gasteiger partial charge on any atom is -0.381 e. The van der Waals surface area contributed by atoms with Gasteiger partial charge in [-0.25, -0.2) is 14.6 Å². The summed E-state index contributed by atoms with van der Waals surface area (Å²) in [5.41, 5.74) is 2.38. The molecule has 7 nitrogen and oxygen atoms in total. The van der Waals surface area contributed by atoms with Gasteiger partial charge < -0.3 is 9.64 Å². The number of hydrogen-bond donors (Lipinski definition) is 0. The first kappa shape index (κ1) is 16.8. The standard InChI is InChI=1S/C23H22N6O/c24-11-23(10-22(23)3-4-22)17-2-1-16-9-27-29(18(16)7-17)20-8-19(25-15-26-20)28-12-21(13-28)5-6-30-14-21/h1-2,7-9,15H,3-6,10,12-14H2. The minimum atomic E-state index is -0.303. The Labute approximate surface area is 174 Å². The van der Waals surface area contributed by atoms with E-state index in [4.69, 9.17) is 4.74 Å². The van der Waals surface area contributed by atoms with Gasteiger partial charge in [0.1, 0.15) is 12.1 Å². The normalized spacial score (nSPS) is 27.4. The fourth-order valence-corrected chi connectivity index (χ4v) is 5.77. The first-order valence-corrected chi connectivity index (χ1v) is 10.7. The molecule has 2 saturated carbocycles. The summed E-state index contributed by atoms with van der Waals surface area (Å²) in [4.78, 5) is 11.3. The van der Waals surface area contributed by atoms with Crippen LogP contribution in [0.5, 0.6) is 0 Å². The Hall–Kier alpha value is -2.98. The second-order valence-electron chi connectivity index (χ2n) is 9.70. The SMILES string of the molecule is N#CC1(c2ccc3cnn(-c4cc(N5CC6(CCOC6)C5)ncn4)c3c2)CC12CC2. The van der Waals surface area contributed by atoms with Gasteiger partial charge in [0.05, 0.1) is 29.8 Å². The lowest BCUT2D eigenvalue weighted by molar-refractivity contribution is 0.131. The number of nitrogens with zero attached hydrogens (tertiary/aromatic N) is 6. The smallest absolute Gasteiger partial charge is 0.159 e. The molecule has 2 saturated heterocycles. The average Bonchev–Trinajstić information content (AvgIpc) is 3.51. The van der Waals surface area contributed by atoms with E-state index in [0.29, 0.717) is 5.41 Å². The monoisotopic (exact) mass is 398 g/mol. The number of rotatable bonds is 3. The van der Waals surface area contributed by atoms with E-state index in [2.05, 4.69) is 44.2 Å². The van der Waals surface area contributed by atoms with Crippen molar-refractivity contribution in [2.75, 3.05) is 31.2 Å². The topological polar surface area (TPSA) is 79.9 Å². The molecule has 0 amide bonds. The maximum absolute atomic E-state index is 9.91. The predicted octanol–water partition coefficient (Wildman–Crippen LogP) is 2.99. The zero-order valence-electron chi connectivity index (χ0n) is 16.7. The van der Waals surface area contributed by atoms with Gasteiger partial charge in [0.2, 0.25) is 0 Å². The quantitative estimate of drug-likeness (QED) is 0.675. The Morgan fingerprint density at radius 1 is 1.07 bits per heavy atom. The van der Waals surface area contributed by atoms with Gasteiger partial charge in [-0.05, 0) is 42.7 Å². The molecule has 1 unspecified atom stereocenters. The second-order valence-corrected chi connectivity index (χ2v) is 9.70. The lowest BCUT2D eigenvalue weighted by Gasteiger charge is -2.47. The van der Waals surface area contributed by atoms with Gasteiger partial charge in [-0.1, -0.05) is 12.1 Å². The first-order chi connectivity index (χ1) is 14.7. The molecule has 2 aromatic heterocycles. The largest absolute Gasteiger partial charge is 0.381 e. The molecule has 7 rings (SSSR count). The van der Waals surface area contributed by atoms with E-state index in [9.17, 15) is 5.26 Å². The lowest BCUT2D eigenvalue weighted by Crippen LogP contribution is -2.57. The van der Waals surface area contributed by atoms with E-state index in [1.165, 1.54) is 12.8 Å². The van der Waals surface area contributed by atoms with Gasteiger partial charge in [0.15, 0.2) is 5.82 Å². The van der Waals surface area contributed by atoms with Crippen LogP contribution >= 0.6 is 0 Å². The molecular weight excluding hydrogens is 376 g/mol. The number of hydrogen-bond acceptors (Lipinski definition) is 6. The van der Waals surface area contributed by atoms with Gasteiger partial charge in [-0.3, -0.25) is 0 Å². The van der Waals surface area contributed by atoms with E-state index in [0.717, 1.165) is 67.2 Å². The third-order valence-electron chi connectivity index (χ3n) is 7.91. The van der Waals surface area contributed by atoms with E-state index in [1.54, 1.807) is 6.33 Å². The van der Waals surface area contributed by atoms with E-state index in [1.807, 2.05) is 16.9 Å². The van der Waals surface area contributed by atoms with E-state index < -0.39 is 0 Å². The van der Waals surface area contributed by atoms with Crippen molar-refractivity contribution in [2.45, 2.75) is 31.1 Å². The van der Waals surface area contributed by atoms with Crippen molar-refractivity contribution in [2.24, 2.45) is 10.8 Å². The molecule has 4 fully saturated rings. The molecule has 7 heteroatoms. The molecule has 2 aliphatic heterocycles. The highest BCUT2D eigenvalue weighted by molar-refractivity contribution is 5.82. The Morgan fingerprint density at radius 2 is 1.93 bits per heavy atom. The molecule has 3 aromatic rings. The predicted molar refractivity (Wildman–Crippen MR) is 110 cm³/mol. The van der Waals surface area contributed by atoms with Crippen molar-refractivity contribution in [1.29, 1.82) is 5.26 Å².